The van der Waals surface area contributed by atoms with Gasteiger partial charge in [-0.25, -0.2) is 0 Å². The lowest BCUT2D eigenvalue weighted by Gasteiger charge is -2.28. The van der Waals surface area contributed by atoms with Gasteiger partial charge < -0.3 is 0 Å². The molecule has 0 saturated heterocycles. The van der Waals surface area contributed by atoms with Gasteiger partial charge in [0.2, 0.25) is 0 Å². The fourth-order valence-electron chi connectivity index (χ4n) is 2.28. The molecule has 0 bridgehead atoms. The van der Waals surface area contributed by atoms with Crippen LogP contribution in [0.4, 0.5) is 0 Å². The molecule has 2 heteroatoms. The van der Waals surface area contributed by atoms with Gasteiger partial charge in [-0.3, -0.25) is 0 Å². The highest BCUT2D eigenvalue weighted by atomic mass is 28.3. The third kappa shape index (κ3) is 6.82. The molecule has 0 N–H and O–H groups in total. The largest absolute Gasteiger partial charge is 0.0694 e. The van der Waals surface area contributed by atoms with E-state index < -0.39 is 16.1 Å². The van der Waals surface area contributed by atoms with E-state index in [1.54, 1.807) is 12.1 Å². The molecule has 0 atom stereocenters. The van der Waals surface area contributed by atoms with E-state index in [1.165, 1.54) is 24.9 Å². The summed E-state index contributed by atoms with van der Waals surface area (Å²) in [5.74, 6) is 0. The van der Waals surface area contributed by atoms with Gasteiger partial charge in [-0.15, -0.1) is 0 Å². The molecule has 0 unspecified atom stereocenters. The zero-order chi connectivity index (χ0) is 11.2. The molecule has 0 radical (unpaired) electrons. The molecule has 0 aromatic rings. The summed E-state index contributed by atoms with van der Waals surface area (Å²) in [6.07, 6.45) is 2.80. The van der Waals surface area contributed by atoms with Gasteiger partial charge in [0.25, 0.3) is 0 Å². The first-order valence-corrected chi connectivity index (χ1v) is 13.2. The molecule has 0 aromatic heterocycles. The van der Waals surface area contributed by atoms with Crippen LogP contribution >= 0.6 is 0 Å². The second kappa shape index (κ2) is 6.11. The predicted molar refractivity (Wildman–Crippen MR) is 74.8 cm³/mol. The minimum absolute atomic E-state index is 0.807. The average Bonchev–Trinajstić information content (AvgIpc) is 2.01. The van der Waals surface area contributed by atoms with Crippen LogP contribution in [0.1, 0.15) is 26.7 Å². The highest BCUT2D eigenvalue weighted by Gasteiger charge is 2.25. The van der Waals surface area contributed by atoms with Crippen LogP contribution in [-0.2, 0) is 0 Å². The van der Waals surface area contributed by atoms with Gasteiger partial charge >= 0.3 is 0 Å². The number of hydrogen-bond acceptors (Lipinski definition) is 0. The van der Waals surface area contributed by atoms with Crippen LogP contribution in [0.5, 0.6) is 0 Å². The van der Waals surface area contributed by atoms with Gasteiger partial charge in [0, 0.05) is 16.1 Å². The Bertz CT molecular complexity index is 132. The second-order valence-corrected chi connectivity index (χ2v) is 17.0. The minimum atomic E-state index is -0.807. The third-order valence-corrected chi connectivity index (χ3v) is 10.7. The van der Waals surface area contributed by atoms with Crippen molar-refractivity contribution >= 4 is 16.1 Å². The summed E-state index contributed by atoms with van der Waals surface area (Å²) in [5.41, 5.74) is 0. The maximum atomic E-state index is 2.58. The van der Waals surface area contributed by atoms with Crippen molar-refractivity contribution in [3.8, 4) is 0 Å². The first-order valence-electron chi connectivity index (χ1n) is 6.33. The topological polar surface area (TPSA) is 0 Å². The zero-order valence-electron chi connectivity index (χ0n) is 11.2. The van der Waals surface area contributed by atoms with Crippen LogP contribution in [0.2, 0.25) is 50.4 Å². The van der Waals surface area contributed by atoms with E-state index in [0.29, 0.717) is 0 Å². The molecule has 0 aromatic carbocycles. The van der Waals surface area contributed by atoms with Crippen LogP contribution in [0, 0.1) is 0 Å². The lowest BCUT2D eigenvalue weighted by atomic mass is 10.6. The van der Waals surface area contributed by atoms with Crippen LogP contribution in [0.15, 0.2) is 0 Å². The molecule has 0 fully saturated rings. The fourth-order valence-corrected chi connectivity index (χ4v) is 10.9. The van der Waals surface area contributed by atoms with Crippen molar-refractivity contribution in [2.45, 2.75) is 77.1 Å². The van der Waals surface area contributed by atoms with Crippen molar-refractivity contribution in [3.05, 3.63) is 0 Å². The molecule has 0 aliphatic rings. The van der Waals surface area contributed by atoms with Gasteiger partial charge in [0.1, 0.15) is 0 Å². The number of hydrogen-bond donors (Lipinski definition) is 0. The van der Waals surface area contributed by atoms with E-state index in [0.717, 1.165) is 0 Å². The Hall–Kier alpha value is 0.434. The van der Waals surface area contributed by atoms with Gasteiger partial charge in [-0.2, -0.15) is 0 Å². The monoisotopic (exact) mass is 230 g/mol. The summed E-state index contributed by atoms with van der Waals surface area (Å²) < 4.78 is 0. The Labute approximate surface area is 93.5 Å². The molecular weight excluding hydrogens is 200 g/mol. The number of rotatable bonds is 7. The van der Waals surface area contributed by atoms with E-state index in [9.17, 15) is 0 Å². The van der Waals surface area contributed by atoms with Crippen molar-refractivity contribution in [2.24, 2.45) is 0 Å². The van der Waals surface area contributed by atoms with Crippen LogP contribution in [0.3, 0.4) is 0 Å². The molecular formula is C12H30Si2. The lowest BCUT2D eigenvalue weighted by Crippen LogP contribution is -2.31. The van der Waals surface area contributed by atoms with E-state index >= 15 is 0 Å². The van der Waals surface area contributed by atoms with Crippen molar-refractivity contribution in [1.82, 2.24) is 0 Å². The Morgan fingerprint density at radius 1 is 0.571 bits per heavy atom. The zero-order valence-corrected chi connectivity index (χ0v) is 13.2. The summed E-state index contributed by atoms with van der Waals surface area (Å²) in [7, 11) is -1.61. The van der Waals surface area contributed by atoms with Crippen molar-refractivity contribution in [1.29, 1.82) is 0 Å². The smallest absolute Gasteiger partial charge is 0.0470 e. The molecule has 0 amide bonds. The Kier molecular flexibility index (Phi) is 6.30. The van der Waals surface area contributed by atoms with E-state index in [1.807, 2.05) is 0 Å². The maximum absolute atomic E-state index is 2.58. The quantitative estimate of drug-likeness (QED) is 0.526. The maximum Gasteiger partial charge on any atom is 0.0470 e. The lowest BCUT2D eigenvalue weighted by molar-refractivity contribution is 1.01. The van der Waals surface area contributed by atoms with Crippen molar-refractivity contribution < 1.29 is 0 Å². The molecule has 0 rings (SSSR count). The summed E-state index contributed by atoms with van der Waals surface area (Å²) in [6, 6.07) is 6.23. The summed E-state index contributed by atoms with van der Waals surface area (Å²) in [6.45, 7) is 15.0. The van der Waals surface area contributed by atoms with Gasteiger partial charge in [0.05, 0.1) is 0 Å². The first kappa shape index (κ1) is 14.4. The minimum Gasteiger partial charge on any atom is -0.0694 e. The predicted octanol–water partition coefficient (Wildman–Crippen LogP) is 5.22. The van der Waals surface area contributed by atoms with Crippen LogP contribution in [0.25, 0.3) is 0 Å². The standard InChI is InChI=1S/C12H30Si2/c1-7-9-13(3,4)11-12-14(5,6)10-8-2/h7-12H2,1-6H3. The molecule has 0 aliphatic heterocycles. The first-order chi connectivity index (χ1) is 6.33. The normalized spacial score (nSPS) is 13.3. The fraction of sp³-hybridized carbons (Fsp3) is 1.00. The molecule has 0 nitrogen and oxygen atoms in total. The summed E-state index contributed by atoms with van der Waals surface area (Å²) in [4.78, 5) is 0. The van der Waals surface area contributed by atoms with Gasteiger partial charge in [0.15, 0.2) is 0 Å². The molecule has 0 spiro atoms. The molecule has 86 valence electrons. The Balaban J connectivity index is 3.90. The highest BCUT2D eigenvalue weighted by Crippen LogP contribution is 2.27. The van der Waals surface area contributed by atoms with Crippen molar-refractivity contribution in [2.75, 3.05) is 0 Å². The molecule has 0 heterocycles. The Morgan fingerprint density at radius 2 is 0.857 bits per heavy atom. The summed E-state index contributed by atoms with van der Waals surface area (Å²) in [5, 5.41) is 0. The average molecular weight is 231 g/mol. The summed E-state index contributed by atoms with van der Waals surface area (Å²) >= 11 is 0. The SMILES string of the molecule is CCC[Si](C)(C)CC[Si](C)(C)CCC. The Morgan fingerprint density at radius 3 is 1.07 bits per heavy atom. The third-order valence-electron chi connectivity index (χ3n) is 3.33. The molecule has 0 saturated carbocycles. The van der Waals surface area contributed by atoms with E-state index in [-0.39, 0.29) is 0 Å². The van der Waals surface area contributed by atoms with Gasteiger partial charge in [-0.1, -0.05) is 77.1 Å². The van der Waals surface area contributed by atoms with E-state index in [4.69, 9.17) is 0 Å². The molecule has 14 heavy (non-hydrogen) atoms. The second-order valence-electron chi connectivity index (χ2n) is 6.33. The van der Waals surface area contributed by atoms with E-state index in [2.05, 4.69) is 40.0 Å². The van der Waals surface area contributed by atoms with Crippen LogP contribution in [-0.4, -0.2) is 16.1 Å². The highest BCUT2D eigenvalue weighted by molar-refractivity contribution is 6.82. The van der Waals surface area contributed by atoms with Gasteiger partial charge in [-0.05, 0) is 0 Å². The van der Waals surface area contributed by atoms with Crippen LogP contribution < -0.4 is 0 Å². The van der Waals surface area contributed by atoms with Crippen molar-refractivity contribution in [3.63, 3.8) is 0 Å². The molecule has 0 aliphatic carbocycles.